The summed E-state index contributed by atoms with van der Waals surface area (Å²) in [5.41, 5.74) is 2.35. The highest BCUT2D eigenvalue weighted by atomic mass is 35.5. The van der Waals surface area contributed by atoms with Gasteiger partial charge in [-0.15, -0.1) is 0 Å². The zero-order chi connectivity index (χ0) is 22.4. The highest BCUT2D eigenvalue weighted by Crippen LogP contribution is 2.30. The number of amides is 1. The number of carbonyl (C=O) groups is 1. The lowest BCUT2D eigenvalue weighted by atomic mass is 10.1. The Morgan fingerprint density at radius 2 is 1.48 bits per heavy atom. The Labute approximate surface area is 190 Å². The summed E-state index contributed by atoms with van der Waals surface area (Å²) in [6, 6.07) is 19.8. The Hall–Kier alpha value is -3.05. The van der Waals surface area contributed by atoms with Crippen molar-refractivity contribution in [3.63, 3.8) is 0 Å². The van der Waals surface area contributed by atoms with Crippen LogP contribution in [0.15, 0.2) is 71.6 Å². The van der Waals surface area contributed by atoms with Crippen LogP contribution in [0.1, 0.15) is 17.5 Å². The molecule has 0 aliphatic heterocycles. The molecule has 0 aliphatic rings. The van der Waals surface area contributed by atoms with Gasteiger partial charge in [-0.2, -0.15) is 5.26 Å². The topological polar surface area (TPSA) is 99.1 Å². The third kappa shape index (κ3) is 5.98. The van der Waals surface area contributed by atoms with E-state index in [0.717, 1.165) is 5.56 Å². The summed E-state index contributed by atoms with van der Waals surface area (Å²) in [7, 11) is -3.98. The van der Waals surface area contributed by atoms with Gasteiger partial charge in [-0.3, -0.25) is 9.52 Å². The number of carbonyl (C=O) groups excluding carboxylic acids is 1. The van der Waals surface area contributed by atoms with Gasteiger partial charge in [-0.05, 0) is 60.5 Å². The van der Waals surface area contributed by atoms with Crippen LogP contribution in [-0.4, -0.2) is 14.3 Å². The molecule has 0 aromatic heterocycles. The van der Waals surface area contributed by atoms with E-state index in [2.05, 4.69) is 10.0 Å². The summed E-state index contributed by atoms with van der Waals surface area (Å²) in [5.74, 6) is -0.180. The van der Waals surface area contributed by atoms with Gasteiger partial charge in [-0.1, -0.05) is 41.4 Å². The van der Waals surface area contributed by atoms with Gasteiger partial charge in [0.25, 0.3) is 10.0 Å². The van der Waals surface area contributed by atoms with Crippen molar-refractivity contribution in [2.75, 3.05) is 10.0 Å². The summed E-state index contributed by atoms with van der Waals surface area (Å²) >= 11 is 12.0. The number of nitrogens with zero attached hydrogens (tertiary/aromatic N) is 1. The molecule has 0 saturated carbocycles. The molecular formula is C22H17Cl2N3O3S. The van der Waals surface area contributed by atoms with E-state index < -0.39 is 10.0 Å². The molecule has 0 fully saturated rings. The molecule has 3 aromatic carbocycles. The van der Waals surface area contributed by atoms with Gasteiger partial charge in [0, 0.05) is 17.8 Å². The molecule has 0 unspecified atom stereocenters. The largest absolute Gasteiger partial charge is 0.326 e. The van der Waals surface area contributed by atoms with Crippen molar-refractivity contribution < 1.29 is 13.2 Å². The van der Waals surface area contributed by atoms with Gasteiger partial charge in [0.05, 0.1) is 21.7 Å². The van der Waals surface area contributed by atoms with Gasteiger partial charge in [0.15, 0.2) is 0 Å². The number of benzene rings is 3. The van der Waals surface area contributed by atoms with Crippen LogP contribution in [0.4, 0.5) is 11.4 Å². The first kappa shape index (κ1) is 22.6. The fraction of sp³-hybridized carbons (Fsp3) is 0.0909. The molecule has 3 rings (SSSR count). The SMILES string of the molecule is N#Cc1ccc(CCC(=O)Nc2ccc(NS(=O)(=O)c3c(Cl)cccc3Cl)cc2)cc1. The molecule has 0 radical (unpaired) electrons. The lowest BCUT2D eigenvalue weighted by Gasteiger charge is -2.12. The summed E-state index contributed by atoms with van der Waals surface area (Å²) in [4.78, 5) is 12.0. The number of rotatable bonds is 7. The highest BCUT2D eigenvalue weighted by Gasteiger charge is 2.21. The maximum atomic E-state index is 12.6. The first-order valence-electron chi connectivity index (χ1n) is 9.14. The number of anilines is 2. The number of nitriles is 1. The molecule has 0 aliphatic carbocycles. The van der Waals surface area contributed by atoms with E-state index in [1.54, 1.807) is 30.3 Å². The van der Waals surface area contributed by atoms with E-state index in [4.69, 9.17) is 28.5 Å². The van der Waals surface area contributed by atoms with Crippen LogP contribution in [0.2, 0.25) is 10.0 Å². The molecule has 0 bridgehead atoms. The molecule has 0 saturated heterocycles. The van der Waals surface area contributed by atoms with Crippen molar-refractivity contribution in [3.8, 4) is 6.07 Å². The first-order chi connectivity index (χ1) is 14.8. The van der Waals surface area contributed by atoms with Crippen molar-refractivity contribution in [2.45, 2.75) is 17.7 Å². The van der Waals surface area contributed by atoms with E-state index in [1.165, 1.54) is 24.3 Å². The monoisotopic (exact) mass is 473 g/mol. The second-order valence-electron chi connectivity index (χ2n) is 6.59. The Balaban J connectivity index is 1.59. The normalized spacial score (nSPS) is 10.9. The molecule has 0 heterocycles. The van der Waals surface area contributed by atoms with Gasteiger partial charge < -0.3 is 5.32 Å². The van der Waals surface area contributed by atoms with Crippen LogP contribution in [-0.2, 0) is 21.2 Å². The quantitative estimate of drug-likeness (QED) is 0.490. The maximum Gasteiger partial charge on any atom is 0.264 e. The fourth-order valence-corrected chi connectivity index (χ4v) is 5.00. The van der Waals surface area contributed by atoms with E-state index in [1.807, 2.05) is 18.2 Å². The van der Waals surface area contributed by atoms with Gasteiger partial charge >= 0.3 is 0 Å². The van der Waals surface area contributed by atoms with E-state index in [9.17, 15) is 13.2 Å². The van der Waals surface area contributed by atoms with Crippen LogP contribution in [0.5, 0.6) is 0 Å². The number of hydrogen-bond acceptors (Lipinski definition) is 4. The molecule has 31 heavy (non-hydrogen) atoms. The lowest BCUT2D eigenvalue weighted by molar-refractivity contribution is -0.116. The standard InChI is InChI=1S/C22H17Cl2N3O3S/c23-19-2-1-3-20(24)22(19)31(29,30)27-18-11-9-17(10-12-18)26-21(28)13-8-15-4-6-16(14-25)7-5-15/h1-7,9-12,27H,8,13H2,(H,26,28). The summed E-state index contributed by atoms with van der Waals surface area (Å²) in [6.45, 7) is 0. The minimum absolute atomic E-state index is 0.0196. The number of hydrogen-bond donors (Lipinski definition) is 2. The minimum Gasteiger partial charge on any atom is -0.326 e. The Morgan fingerprint density at radius 1 is 0.903 bits per heavy atom. The van der Waals surface area contributed by atoms with Crippen LogP contribution in [0, 0.1) is 11.3 Å². The second kappa shape index (κ2) is 9.84. The van der Waals surface area contributed by atoms with E-state index in [0.29, 0.717) is 23.4 Å². The average Bonchev–Trinajstić information content (AvgIpc) is 2.73. The number of halogens is 2. The zero-order valence-corrected chi connectivity index (χ0v) is 18.4. The Morgan fingerprint density at radius 3 is 2.06 bits per heavy atom. The molecule has 158 valence electrons. The molecular weight excluding hydrogens is 457 g/mol. The van der Waals surface area contributed by atoms with E-state index in [-0.39, 0.29) is 27.3 Å². The Bertz CT molecular complexity index is 1220. The molecule has 3 aromatic rings. The molecule has 9 heteroatoms. The minimum atomic E-state index is -3.98. The predicted molar refractivity (Wildman–Crippen MR) is 122 cm³/mol. The maximum absolute atomic E-state index is 12.6. The van der Waals surface area contributed by atoms with Gasteiger partial charge in [0.1, 0.15) is 4.90 Å². The van der Waals surface area contributed by atoms with Crippen molar-refractivity contribution in [1.82, 2.24) is 0 Å². The molecule has 2 N–H and O–H groups in total. The smallest absolute Gasteiger partial charge is 0.264 e. The van der Waals surface area contributed by atoms with Crippen molar-refractivity contribution in [3.05, 3.63) is 87.9 Å². The molecule has 1 amide bonds. The average molecular weight is 474 g/mol. The second-order valence-corrected chi connectivity index (χ2v) is 9.02. The molecule has 6 nitrogen and oxygen atoms in total. The summed E-state index contributed by atoms with van der Waals surface area (Å²) in [5, 5.41) is 11.6. The molecule has 0 spiro atoms. The van der Waals surface area contributed by atoms with Gasteiger partial charge in [-0.25, -0.2) is 8.42 Å². The van der Waals surface area contributed by atoms with Crippen LogP contribution >= 0.6 is 23.2 Å². The number of aryl methyl sites for hydroxylation is 1. The highest BCUT2D eigenvalue weighted by molar-refractivity contribution is 7.93. The Kier molecular flexibility index (Phi) is 7.18. The predicted octanol–water partition coefficient (Wildman–Crippen LogP) is 5.24. The van der Waals surface area contributed by atoms with Gasteiger partial charge in [0.2, 0.25) is 5.91 Å². The van der Waals surface area contributed by atoms with Crippen LogP contribution < -0.4 is 10.0 Å². The van der Waals surface area contributed by atoms with Crippen molar-refractivity contribution >= 4 is 50.5 Å². The third-order valence-corrected chi connectivity index (χ3v) is 6.67. The molecule has 0 atom stereocenters. The van der Waals surface area contributed by atoms with Crippen LogP contribution in [0.3, 0.4) is 0 Å². The first-order valence-corrected chi connectivity index (χ1v) is 11.4. The number of nitrogens with one attached hydrogen (secondary N) is 2. The summed E-state index contributed by atoms with van der Waals surface area (Å²) < 4.78 is 27.6. The van der Waals surface area contributed by atoms with Crippen LogP contribution in [0.25, 0.3) is 0 Å². The zero-order valence-electron chi connectivity index (χ0n) is 16.1. The van der Waals surface area contributed by atoms with E-state index >= 15 is 0 Å². The fourth-order valence-electron chi connectivity index (χ4n) is 2.79. The van der Waals surface area contributed by atoms with Crippen molar-refractivity contribution in [2.24, 2.45) is 0 Å². The van der Waals surface area contributed by atoms with Crippen molar-refractivity contribution in [1.29, 1.82) is 5.26 Å². The number of sulfonamides is 1. The summed E-state index contributed by atoms with van der Waals surface area (Å²) in [6.07, 6.45) is 0.805. The third-order valence-electron chi connectivity index (χ3n) is 4.33. The lowest BCUT2D eigenvalue weighted by Crippen LogP contribution is -2.14.